The number of nitrogens with zero attached hydrogens (tertiary/aromatic N) is 1. The van der Waals surface area contributed by atoms with Crippen molar-refractivity contribution in [2.24, 2.45) is 5.73 Å². The first kappa shape index (κ1) is 12.0. The lowest BCUT2D eigenvalue weighted by Gasteiger charge is -2.10. The number of nitrogens with two attached hydrogens (primary N) is 1. The van der Waals surface area contributed by atoms with Crippen molar-refractivity contribution in [1.82, 2.24) is 9.97 Å². The van der Waals surface area contributed by atoms with Crippen LogP contribution in [-0.4, -0.2) is 29.6 Å². The first-order valence-corrected chi connectivity index (χ1v) is 5.29. The number of hydrogen-bond acceptors (Lipinski definition) is 4. The van der Waals surface area contributed by atoms with Crippen LogP contribution in [0.1, 0.15) is 0 Å². The summed E-state index contributed by atoms with van der Waals surface area (Å²) >= 11 is 0. The van der Waals surface area contributed by atoms with E-state index in [1.54, 1.807) is 24.5 Å². The molecule has 1 aromatic carbocycles. The van der Waals surface area contributed by atoms with Gasteiger partial charge in [-0.3, -0.25) is 4.79 Å². The van der Waals surface area contributed by atoms with E-state index in [1.165, 1.54) is 7.11 Å². The average Bonchev–Trinajstić information content (AvgIpc) is 2.90. The molecule has 0 spiro atoms. The van der Waals surface area contributed by atoms with Crippen molar-refractivity contribution < 1.29 is 14.3 Å². The van der Waals surface area contributed by atoms with Crippen LogP contribution < -0.4 is 15.2 Å². The van der Waals surface area contributed by atoms with Crippen molar-refractivity contribution in [3.05, 3.63) is 30.6 Å². The molecule has 0 aliphatic carbocycles. The third-order valence-corrected chi connectivity index (χ3v) is 2.31. The molecule has 94 valence electrons. The molecule has 0 fully saturated rings. The van der Waals surface area contributed by atoms with Gasteiger partial charge in [-0.15, -0.1) is 0 Å². The van der Waals surface area contributed by atoms with Gasteiger partial charge in [0, 0.05) is 18.0 Å². The SMILES string of the molecule is COc1cc(-c2ncc[nH]2)ccc1OCC(N)=O. The molecule has 6 heteroatoms. The summed E-state index contributed by atoms with van der Waals surface area (Å²) in [5.41, 5.74) is 5.88. The van der Waals surface area contributed by atoms with E-state index < -0.39 is 5.91 Å². The average molecular weight is 247 g/mol. The molecule has 3 N–H and O–H groups in total. The molecule has 0 bridgehead atoms. The lowest BCUT2D eigenvalue weighted by Crippen LogP contribution is -2.20. The van der Waals surface area contributed by atoms with Crippen LogP contribution in [-0.2, 0) is 4.79 Å². The fourth-order valence-electron chi connectivity index (χ4n) is 1.51. The van der Waals surface area contributed by atoms with E-state index in [4.69, 9.17) is 15.2 Å². The van der Waals surface area contributed by atoms with Gasteiger partial charge in [0.25, 0.3) is 5.91 Å². The van der Waals surface area contributed by atoms with Gasteiger partial charge < -0.3 is 20.2 Å². The highest BCUT2D eigenvalue weighted by atomic mass is 16.5. The van der Waals surface area contributed by atoms with Crippen LogP contribution in [0.25, 0.3) is 11.4 Å². The Morgan fingerprint density at radius 1 is 1.44 bits per heavy atom. The Balaban J connectivity index is 2.26. The number of carbonyl (C=O) groups excluding carboxylic acids is 1. The quantitative estimate of drug-likeness (QED) is 0.823. The Labute approximate surface area is 104 Å². The van der Waals surface area contributed by atoms with Gasteiger partial charge >= 0.3 is 0 Å². The minimum absolute atomic E-state index is 0.184. The van der Waals surface area contributed by atoms with Crippen molar-refractivity contribution in [2.75, 3.05) is 13.7 Å². The van der Waals surface area contributed by atoms with Crippen molar-refractivity contribution in [3.63, 3.8) is 0 Å². The second-order valence-electron chi connectivity index (χ2n) is 3.56. The second-order valence-corrected chi connectivity index (χ2v) is 3.56. The van der Waals surface area contributed by atoms with Crippen molar-refractivity contribution >= 4 is 5.91 Å². The number of H-pyrrole nitrogens is 1. The van der Waals surface area contributed by atoms with Gasteiger partial charge in [-0.05, 0) is 18.2 Å². The number of aromatic nitrogens is 2. The topological polar surface area (TPSA) is 90.2 Å². The largest absolute Gasteiger partial charge is 0.493 e. The molecular weight excluding hydrogens is 234 g/mol. The number of imidazole rings is 1. The molecule has 0 saturated heterocycles. The second kappa shape index (κ2) is 5.22. The Kier molecular flexibility index (Phi) is 3.47. The van der Waals surface area contributed by atoms with Gasteiger partial charge in [0.05, 0.1) is 7.11 Å². The van der Waals surface area contributed by atoms with E-state index in [0.29, 0.717) is 11.5 Å². The molecule has 0 unspecified atom stereocenters. The molecule has 2 rings (SSSR count). The van der Waals surface area contributed by atoms with Crippen LogP contribution in [0.4, 0.5) is 0 Å². The maximum Gasteiger partial charge on any atom is 0.255 e. The number of methoxy groups -OCH3 is 1. The predicted octanol–water partition coefficient (Wildman–Crippen LogP) is 0.949. The molecule has 6 nitrogen and oxygen atoms in total. The van der Waals surface area contributed by atoms with Crippen LogP contribution in [0, 0.1) is 0 Å². The highest BCUT2D eigenvalue weighted by Crippen LogP contribution is 2.31. The number of nitrogens with one attached hydrogen (secondary N) is 1. The number of aromatic amines is 1. The first-order valence-electron chi connectivity index (χ1n) is 5.29. The number of carbonyl (C=O) groups is 1. The molecule has 2 aromatic rings. The van der Waals surface area contributed by atoms with Gasteiger partial charge in [-0.1, -0.05) is 0 Å². The summed E-state index contributed by atoms with van der Waals surface area (Å²) in [4.78, 5) is 17.8. The Morgan fingerprint density at radius 2 is 2.28 bits per heavy atom. The van der Waals surface area contributed by atoms with Crippen LogP contribution >= 0.6 is 0 Å². The molecule has 0 radical (unpaired) electrons. The lowest BCUT2D eigenvalue weighted by molar-refractivity contribution is -0.119. The van der Waals surface area contributed by atoms with Crippen LogP contribution in [0.5, 0.6) is 11.5 Å². The summed E-state index contributed by atoms with van der Waals surface area (Å²) in [5.74, 6) is 1.18. The van der Waals surface area contributed by atoms with Gasteiger partial charge in [0.1, 0.15) is 5.82 Å². The number of benzene rings is 1. The summed E-state index contributed by atoms with van der Waals surface area (Å²) in [6.07, 6.45) is 3.40. The van der Waals surface area contributed by atoms with Crippen molar-refractivity contribution in [1.29, 1.82) is 0 Å². The smallest absolute Gasteiger partial charge is 0.255 e. The summed E-state index contributed by atoms with van der Waals surface area (Å²) in [5, 5.41) is 0. The summed E-state index contributed by atoms with van der Waals surface area (Å²) in [6.45, 7) is -0.184. The summed E-state index contributed by atoms with van der Waals surface area (Å²) in [7, 11) is 1.53. The molecule has 0 saturated carbocycles. The van der Waals surface area contributed by atoms with E-state index in [0.717, 1.165) is 11.4 Å². The Morgan fingerprint density at radius 3 is 2.89 bits per heavy atom. The van der Waals surface area contributed by atoms with Gasteiger partial charge in [-0.25, -0.2) is 4.98 Å². The molecule has 1 amide bonds. The monoisotopic (exact) mass is 247 g/mol. The zero-order chi connectivity index (χ0) is 13.0. The van der Waals surface area contributed by atoms with E-state index in [2.05, 4.69) is 9.97 Å². The molecule has 0 aliphatic rings. The van der Waals surface area contributed by atoms with Crippen molar-refractivity contribution in [2.45, 2.75) is 0 Å². The van der Waals surface area contributed by atoms with Gasteiger partial charge in [0.2, 0.25) is 0 Å². The third-order valence-electron chi connectivity index (χ3n) is 2.31. The predicted molar refractivity (Wildman–Crippen MR) is 65.3 cm³/mol. The zero-order valence-corrected chi connectivity index (χ0v) is 9.84. The molecular formula is C12H13N3O3. The normalized spacial score (nSPS) is 10.1. The van der Waals surface area contributed by atoms with E-state index in [1.807, 2.05) is 6.07 Å². The van der Waals surface area contributed by atoms with Gasteiger partial charge in [0.15, 0.2) is 18.1 Å². The molecule has 1 heterocycles. The van der Waals surface area contributed by atoms with E-state index in [-0.39, 0.29) is 6.61 Å². The minimum Gasteiger partial charge on any atom is -0.493 e. The molecule has 0 atom stereocenters. The molecule has 1 aromatic heterocycles. The fraction of sp³-hybridized carbons (Fsp3) is 0.167. The molecule has 18 heavy (non-hydrogen) atoms. The standard InChI is InChI=1S/C12H13N3O3/c1-17-10-6-8(12-14-4-5-15-12)2-3-9(10)18-7-11(13)16/h2-6H,7H2,1H3,(H2,13,16)(H,14,15). The van der Waals surface area contributed by atoms with Crippen LogP contribution in [0.2, 0.25) is 0 Å². The zero-order valence-electron chi connectivity index (χ0n) is 9.84. The Hall–Kier alpha value is -2.50. The van der Waals surface area contributed by atoms with E-state index >= 15 is 0 Å². The maximum atomic E-state index is 10.7. The Bertz CT molecular complexity index is 538. The van der Waals surface area contributed by atoms with E-state index in [9.17, 15) is 4.79 Å². The number of amides is 1. The fourth-order valence-corrected chi connectivity index (χ4v) is 1.51. The first-order chi connectivity index (χ1) is 8.70. The number of hydrogen-bond donors (Lipinski definition) is 2. The van der Waals surface area contributed by atoms with Crippen LogP contribution in [0.15, 0.2) is 30.6 Å². The highest BCUT2D eigenvalue weighted by Gasteiger charge is 2.09. The summed E-state index contributed by atoms with van der Waals surface area (Å²) in [6, 6.07) is 5.30. The number of ether oxygens (including phenoxy) is 2. The third kappa shape index (κ3) is 2.60. The van der Waals surface area contributed by atoms with Gasteiger partial charge in [-0.2, -0.15) is 0 Å². The number of primary amides is 1. The highest BCUT2D eigenvalue weighted by molar-refractivity contribution is 5.75. The number of rotatable bonds is 5. The van der Waals surface area contributed by atoms with Crippen molar-refractivity contribution in [3.8, 4) is 22.9 Å². The van der Waals surface area contributed by atoms with Crippen LogP contribution in [0.3, 0.4) is 0 Å². The summed E-state index contributed by atoms with van der Waals surface area (Å²) < 4.78 is 10.4. The maximum absolute atomic E-state index is 10.7. The lowest BCUT2D eigenvalue weighted by atomic mass is 10.2. The minimum atomic E-state index is -0.535. The molecule has 0 aliphatic heterocycles.